The zero-order valence-corrected chi connectivity index (χ0v) is 28.2. The zero-order valence-electron chi connectivity index (χ0n) is 28.2. The topological polar surface area (TPSA) is 0 Å². The third kappa shape index (κ3) is 12.3. The minimum absolute atomic E-state index is 0.496. The van der Waals surface area contributed by atoms with E-state index in [0.29, 0.717) is 0 Å². The monoisotopic (exact) mass is 604 g/mol. The fourth-order valence-electron chi connectivity index (χ4n) is 6.95. The molecule has 3 rings (SSSR count). The van der Waals surface area contributed by atoms with E-state index in [2.05, 4.69) is 32.1 Å². The second-order valence-electron chi connectivity index (χ2n) is 13.5. The maximum atomic E-state index is 16.2. The highest BCUT2D eigenvalue weighted by Gasteiger charge is 2.39. The maximum Gasteiger partial charge on any atom is 0.143 e. The van der Waals surface area contributed by atoms with Gasteiger partial charge in [0.25, 0.3) is 0 Å². The van der Waals surface area contributed by atoms with Crippen molar-refractivity contribution < 1.29 is 8.78 Å². The summed E-state index contributed by atoms with van der Waals surface area (Å²) in [5, 5.41) is 0. The predicted molar refractivity (Wildman–Crippen MR) is 188 cm³/mol. The van der Waals surface area contributed by atoms with Crippen molar-refractivity contribution in [3.8, 4) is 11.1 Å². The summed E-state index contributed by atoms with van der Waals surface area (Å²) in [5.74, 6) is -1.70. The van der Waals surface area contributed by atoms with Crippen molar-refractivity contribution >= 4 is 0 Å². The number of halogens is 2. The lowest BCUT2D eigenvalue weighted by Gasteiger charge is -2.34. The molecule has 2 aromatic carbocycles. The smallest absolute Gasteiger partial charge is 0.143 e. The molecule has 0 spiro atoms. The summed E-state index contributed by atoms with van der Waals surface area (Å²) in [4.78, 5) is 0. The van der Waals surface area contributed by atoms with Gasteiger partial charge in [-0.25, -0.2) is 8.78 Å². The van der Waals surface area contributed by atoms with E-state index >= 15 is 8.78 Å². The van der Waals surface area contributed by atoms with Crippen LogP contribution in [0.2, 0.25) is 0 Å². The average Bonchev–Trinajstić information content (AvgIpc) is 3.06. The second-order valence-corrected chi connectivity index (χ2v) is 13.5. The number of allylic oxidation sites excluding steroid dienone is 4. The molecule has 44 heavy (non-hydrogen) atoms. The molecule has 0 fully saturated rings. The minimum Gasteiger partial charge on any atom is -0.208 e. The fraction of sp³-hybridized carbons (Fsp3) is 0.619. The summed E-state index contributed by atoms with van der Waals surface area (Å²) in [6.07, 6.45) is 30.6. The van der Waals surface area contributed by atoms with Gasteiger partial charge in [-0.2, -0.15) is 0 Å². The Bertz CT molecular complexity index is 1040. The summed E-state index contributed by atoms with van der Waals surface area (Å²) >= 11 is 0. The molecule has 0 bridgehead atoms. The number of unbranched alkanes of at least 4 members (excludes halogenated alkanes) is 18. The van der Waals surface area contributed by atoms with Gasteiger partial charge in [-0.3, -0.25) is 0 Å². The van der Waals surface area contributed by atoms with Crippen LogP contribution in [0, 0.1) is 5.41 Å². The van der Waals surface area contributed by atoms with Gasteiger partial charge in [-0.15, -0.1) is 0 Å². The fourth-order valence-corrected chi connectivity index (χ4v) is 6.95. The Hall–Kier alpha value is -2.22. The molecule has 0 aliphatic heterocycles. The highest BCUT2D eigenvalue weighted by molar-refractivity contribution is 5.63. The standard InChI is InChI=1S/C42H62F2/c1-3-5-7-9-11-13-15-17-19-24-33-42(34-25-20-18-16-14-12-10-8-6-4-2)35-32-39(40(43)41(42)44)38-30-28-37(29-31-38)36-26-22-21-23-27-36/h21-23,26-32,35,39H,3-20,24-25,33-34H2,1-2H3. The molecule has 1 atom stereocenters. The van der Waals surface area contributed by atoms with E-state index in [1.54, 1.807) is 0 Å². The minimum atomic E-state index is -0.773. The second kappa shape index (κ2) is 21.5. The predicted octanol–water partition coefficient (Wildman–Crippen LogP) is 14.8. The zero-order chi connectivity index (χ0) is 31.3. The van der Waals surface area contributed by atoms with Crippen LogP contribution in [-0.4, -0.2) is 0 Å². The van der Waals surface area contributed by atoms with Crippen LogP contribution in [0.15, 0.2) is 78.4 Å². The van der Waals surface area contributed by atoms with E-state index in [-0.39, 0.29) is 0 Å². The van der Waals surface area contributed by atoms with E-state index < -0.39 is 23.0 Å². The Balaban J connectivity index is 1.55. The largest absolute Gasteiger partial charge is 0.208 e. The van der Waals surface area contributed by atoms with E-state index in [4.69, 9.17) is 0 Å². The van der Waals surface area contributed by atoms with Gasteiger partial charge in [-0.05, 0) is 29.5 Å². The van der Waals surface area contributed by atoms with Crippen LogP contribution in [0.25, 0.3) is 11.1 Å². The van der Waals surface area contributed by atoms with Crippen LogP contribution >= 0.6 is 0 Å². The first kappa shape index (κ1) is 36.3. The first-order valence-electron chi connectivity index (χ1n) is 18.5. The van der Waals surface area contributed by atoms with Gasteiger partial charge in [0.15, 0.2) is 0 Å². The van der Waals surface area contributed by atoms with Crippen molar-refractivity contribution in [2.75, 3.05) is 0 Å². The third-order valence-corrected chi connectivity index (χ3v) is 9.86. The number of hydrogen-bond donors (Lipinski definition) is 0. The van der Waals surface area contributed by atoms with Crippen LogP contribution < -0.4 is 0 Å². The molecule has 0 amide bonds. The Morgan fingerprint density at radius 2 is 0.909 bits per heavy atom. The van der Waals surface area contributed by atoms with Gasteiger partial charge in [-0.1, -0.05) is 209 Å². The van der Waals surface area contributed by atoms with Crippen molar-refractivity contribution in [3.05, 3.63) is 84.0 Å². The van der Waals surface area contributed by atoms with E-state index in [0.717, 1.165) is 55.2 Å². The summed E-state index contributed by atoms with van der Waals surface area (Å²) in [5.41, 5.74) is 2.27. The molecule has 1 aliphatic rings. The van der Waals surface area contributed by atoms with E-state index in [1.807, 2.05) is 48.5 Å². The quantitative estimate of drug-likeness (QED) is 0.0826. The highest BCUT2D eigenvalue weighted by atomic mass is 19.2. The number of rotatable bonds is 24. The molecule has 0 nitrogen and oxygen atoms in total. The van der Waals surface area contributed by atoms with Gasteiger partial charge in [0.05, 0.1) is 5.92 Å². The van der Waals surface area contributed by atoms with Crippen molar-refractivity contribution in [1.29, 1.82) is 0 Å². The van der Waals surface area contributed by atoms with Crippen molar-refractivity contribution in [2.45, 2.75) is 161 Å². The Morgan fingerprint density at radius 3 is 1.36 bits per heavy atom. The van der Waals surface area contributed by atoms with Gasteiger partial charge in [0.1, 0.15) is 11.7 Å². The molecule has 0 saturated heterocycles. The number of hydrogen-bond acceptors (Lipinski definition) is 0. The average molecular weight is 605 g/mol. The molecule has 1 aliphatic carbocycles. The molecule has 0 heterocycles. The van der Waals surface area contributed by atoms with Gasteiger partial charge in [0.2, 0.25) is 0 Å². The van der Waals surface area contributed by atoms with Crippen LogP contribution in [0.3, 0.4) is 0 Å². The molecule has 0 N–H and O–H groups in total. The lowest BCUT2D eigenvalue weighted by Crippen LogP contribution is -2.24. The molecule has 0 aromatic heterocycles. The van der Waals surface area contributed by atoms with Crippen LogP contribution in [0.1, 0.15) is 167 Å². The summed E-state index contributed by atoms with van der Waals surface area (Å²) < 4.78 is 32.1. The molecule has 0 saturated carbocycles. The van der Waals surface area contributed by atoms with Gasteiger partial charge < -0.3 is 0 Å². The van der Waals surface area contributed by atoms with Crippen molar-refractivity contribution in [3.63, 3.8) is 0 Å². The van der Waals surface area contributed by atoms with Crippen molar-refractivity contribution in [1.82, 2.24) is 0 Å². The van der Waals surface area contributed by atoms with E-state index in [9.17, 15) is 0 Å². The van der Waals surface area contributed by atoms with Crippen LogP contribution in [0.4, 0.5) is 8.78 Å². The maximum absolute atomic E-state index is 16.2. The highest BCUT2D eigenvalue weighted by Crippen LogP contribution is 2.49. The summed E-state index contributed by atoms with van der Waals surface area (Å²) in [7, 11) is 0. The molecular weight excluding hydrogens is 542 g/mol. The summed E-state index contributed by atoms with van der Waals surface area (Å²) in [6.45, 7) is 4.52. The normalized spacial score (nSPS) is 16.1. The number of benzene rings is 2. The molecule has 244 valence electrons. The lowest BCUT2D eigenvalue weighted by molar-refractivity contribution is 0.266. The third-order valence-electron chi connectivity index (χ3n) is 9.86. The van der Waals surface area contributed by atoms with Gasteiger partial charge in [0, 0.05) is 5.41 Å². The van der Waals surface area contributed by atoms with Crippen LogP contribution in [0.5, 0.6) is 0 Å². The molecular formula is C42H62F2. The van der Waals surface area contributed by atoms with Crippen molar-refractivity contribution in [2.24, 2.45) is 5.41 Å². The SMILES string of the molecule is CCCCCCCCCCCCC1(CCCCCCCCCCCC)C=CC(c2ccc(-c3ccccc3)cc2)C(F)=C1F. The molecule has 2 heteroatoms. The first-order valence-corrected chi connectivity index (χ1v) is 18.5. The molecule has 0 radical (unpaired) electrons. The van der Waals surface area contributed by atoms with Crippen LogP contribution in [-0.2, 0) is 0 Å². The van der Waals surface area contributed by atoms with E-state index in [1.165, 1.54) is 103 Å². The molecule has 1 unspecified atom stereocenters. The summed E-state index contributed by atoms with van der Waals surface area (Å²) in [6, 6.07) is 18.2. The molecule has 2 aromatic rings. The van der Waals surface area contributed by atoms with Gasteiger partial charge >= 0.3 is 0 Å². The first-order chi connectivity index (χ1) is 21.6. The lowest BCUT2D eigenvalue weighted by atomic mass is 9.71. The Labute approximate surface area is 269 Å². The Morgan fingerprint density at radius 1 is 0.500 bits per heavy atom. The Kier molecular flexibility index (Phi) is 17.7.